The monoisotopic (exact) mass is 462 g/mol. The van der Waals surface area contributed by atoms with Crippen molar-refractivity contribution in [1.82, 2.24) is 0 Å². The van der Waals surface area contributed by atoms with Gasteiger partial charge in [-0.15, -0.1) is 0 Å². The lowest BCUT2D eigenvalue weighted by molar-refractivity contribution is -0.0498. The van der Waals surface area contributed by atoms with Crippen molar-refractivity contribution in [2.24, 2.45) is 0 Å². The summed E-state index contributed by atoms with van der Waals surface area (Å²) in [7, 11) is 0. The Bertz CT molecular complexity index is 1210. The molecule has 0 aliphatic rings. The number of hydrogen-bond acceptors (Lipinski definition) is 1. The first-order valence-electron chi connectivity index (χ1n) is 11.9. The van der Waals surface area contributed by atoms with Crippen LogP contribution in [-0.4, -0.2) is 6.61 Å². The van der Waals surface area contributed by atoms with Crippen LogP contribution in [0.25, 0.3) is 33.0 Å². The summed E-state index contributed by atoms with van der Waals surface area (Å²) in [4.78, 5) is 0. The molecule has 0 aliphatic heterocycles. The largest absolute Gasteiger partial charge is 0.435 e. The molecule has 0 spiro atoms. The molecule has 4 heteroatoms. The number of hydrogen-bond donors (Lipinski definition) is 0. The Labute approximate surface area is 199 Å². The average molecular weight is 463 g/mol. The van der Waals surface area contributed by atoms with Gasteiger partial charge in [-0.1, -0.05) is 93.3 Å². The van der Waals surface area contributed by atoms with E-state index in [1.807, 2.05) is 18.2 Å². The van der Waals surface area contributed by atoms with Crippen LogP contribution in [0.1, 0.15) is 44.6 Å². The Morgan fingerprint density at radius 2 is 1.38 bits per heavy atom. The van der Waals surface area contributed by atoms with E-state index in [1.165, 1.54) is 49.8 Å². The van der Waals surface area contributed by atoms with E-state index in [0.29, 0.717) is 16.5 Å². The SMILES string of the molecule is CCCCCCCc1ccc(-c2ccc3c(F)c(-c4ccc(OC(F)F)cc4)ccc3c2)cc1. The summed E-state index contributed by atoms with van der Waals surface area (Å²) in [5.41, 5.74) is 4.53. The summed E-state index contributed by atoms with van der Waals surface area (Å²) in [6, 6.07) is 24.0. The van der Waals surface area contributed by atoms with E-state index in [0.717, 1.165) is 22.9 Å². The molecule has 0 amide bonds. The smallest absolute Gasteiger partial charge is 0.387 e. The summed E-state index contributed by atoms with van der Waals surface area (Å²) < 4.78 is 44.4. The fourth-order valence-corrected chi connectivity index (χ4v) is 4.31. The maximum Gasteiger partial charge on any atom is 0.387 e. The number of benzene rings is 4. The molecule has 0 atom stereocenters. The molecule has 0 fully saturated rings. The van der Waals surface area contributed by atoms with Crippen LogP contribution in [0.4, 0.5) is 13.2 Å². The number of rotatable bonds is 10. The number of alkyl halides is 2. The molecule has 0 aliphatic carbocycles. The highest BCUT2D eigenvalue weighted by molar-refractivity contribution is 5.91. The number of unbranched alkanes of at least 4 members (excludes halogenated alkanes) is 4. The molecule has 0 radical (unpaired) electrons. The van der Waals surface area contributed by atoms with Crippen molar-refractivity contribution < 1.29 is 17.9 Å². The second kappa shape index (κ2) is 11.2. The second-order valence-electron chi connectivity index (χ2n) is 8.63. The third-order valence-electron chi connectivity index (χ3n) is 6.20. The van der Waals surface area contributed by atoms with Gasteiger partial charge in [0.05, 0.1) is 0 Å². The Morgan fingerprint density at radius 3 is 2.09 bits per heavy atom. The van der Waals surface area contributed by atoms with Gasteiger partial charge in [0.1, 0.15) is 11.6 Å². The van der Waals surface area contributed by atoms with E-state index < -0.39 is 6.61 Å². The molecule has 0 saturated heterocycles. The van der Waals surface area contributed by atoms with Crippen LogP contribution in [0.2, 0.25) is 0 Å². The molecule has 4 aromatic carbocycles. The van der Waals surface area contributed by atoms with Gasteiger partial charge in [-0.2, -0.15) is 8.78 Å². The fourth-order valence-electron chi connectivity index (χ4n) is 4.31. The summed E-state index contributed by atoms with van der Waals surface area (Å²) in [5, 5.41) is 1.34. The number of halogens is 3. The van der Waals surface area contributed by atoms with E-state index in [9.17, 15) is 8.78 Å². The molecular weight excluding hydrogens is 433 g/mol. The molecule has 0 aromatic heterocycles. The Hall–Kier alpha value is -3.27. The van der Waals surface area contributed by atoms with Gasteiger partial charge in [0.15, 0.2) is 0 Å². The molecule has 0 saturated carbocycles. The molecule has 0 bridgehead atoms. The second-order valence-corrected chi connectivity index (χ2v) is 8.63. The zero-order valence-electron chi connectivity index (χ0n) is 19.4. The molecular formula is C30H29F3O. The molecule has 4 rings (SSSR count). The molecule has 176 valence electrons. The lowest BCUT2D eigenvalue weighted by Crippen LogP contribution is -2.01. The Balaban J connectivity index is 1.50. The topological polar surface area (TPSA) is 9.23 Å². The molecule has 0 N–H and O–H groups in total. The van der Waals surface area contributed by atoms with Crippen molar-refractivity contribution in [2.45, 2.75) is 52.1 Å². The van der Waals surface area contributed by atoms with Crippen molar-refractivity contribution in [3.63, 3.8) is 0 Å². The van der Waals surface area contributed by atoms with Crippen LogP contribution in [0.3, 0.4) is 0 Å². The number of ether oxygens (including phenoxy) is 1. The van der Waals surface area contributed by atoms with Gasteiger partial charge in [-0.05, 0) is 58.7 Å². The molecule has 0 unspecified atom stereocenters. The van der Waals surface area contributed by atoms with Gasteiger partial charge in [0.2, 0.25) is 0 Å². The van der Waals surface area contributed by atoms with Crippen LogP contribution in [0.5, 0.6) is 5.75 Å². The normalized spacial score (nSPS) is 11.3. The van der Waals surface area contributed by atoms with Gasteiger partial charge in [-0.25, -0.2) is 4.39 Å². The number of fused-ring (bicyclic) bond motifs is 1. The fraction of sp³-hybridized carbons (Fsp3) is 0.267. The molecule has 34 heavy (non-hydrogen) atoms. The first-order valence-corrected chi connectivity index (χ1v) is 11.9. The maximum atomic E-state index is 15.3. The first-order chi connectivity index (χ1) is 16.5. The van der Waals surface area contributed by atoms with Crippen molar-refractivity contribution in [3.05, 3.63) is 90.2 Å². The van der Waals surface area contributed by atoms with E-state index in [4.69, 9.17) is 0 Å². The third kappa shape index (κ3) is 5.80. The van der Waals surface area contributed by atoms with Gasteiger partial charge < -0.3 is 4.74 Å². The molecule has 1 nitrogen and oxygen atoms in total. The van der Waals surface area contributed by atoms with Crippen LogP contribution in [0, 0.1) is 5.82 Å². The highest BCUT2D eigenvalue weighted by Crippen LogP contribution is 2.33. The van der Waals surface area contributed by atoms with Crippen LogP contribution >= 0.6 is 0 Å². The molecule has 4 aromatic rings. The van der Waals surface area contributed by atoms with Crippen LogP contribution < -0.4 is 4.74 Å². The Morgan fingerprint density at radius 1 is 0.706 bits per heavy atom. The van der Waals surface area contributed by atoms with Crippen LogP contribution in [-0.2, 0) is 6.42 Å². The van der Waals surface area contributed by atoms with E-state index in [2.05, 4.69) is 35.9 Å². The highest BCUT2D eigenvalue weighted by atomic mass is 19.3. The van der Waals surface area contributed by atoms with Crippen LogP contribution in [0.15, 0.2) is 78.9 Å². The number of aryl methyl sites for hydroxylation is 1. The molecule has 0 heterocycles. The van der Waals surface area contributed by atoms with Gasteiger partial charge in [0.25, 0.3) is 0 Å². The zero-order valence-corrected chi connectivity index (χ0v) is 19.4. The van der Waals surface area contributed by atoms with E-state index >= 15 is 4.39 Å². The van der Waals surface area contributed by atoms with E-state index in [1.54, 1.807) is 24.3 Å². The quantitative estimate of drug-likeness (QED) is 0.213. The maximum absolute atomic E-state index is 15.3. The predicted octanol–water partition coefficient (Wildman–Crippen LogP) is 9.43. The minimum atomic E-state index is -2.88. The zero-order chi connectivity index (χ0) is 23.9. The first kappa shape index (κ1) is 23.9. The van der Waals surface area contributed by atoms with Gasteiger partial charge in [-0.3, -0.25) is 0 Å². The lowest BCUT2D eigenvalue weighted by Gasteiger charge is -2.10. The van der Waals surface area contributed by atoms with E-state index in [-0.39, 0.29) is 11.6 Å². The summed E-state index contributed by atoms with van der Waals surface area (Å²) in [6.07, 6.45) is 7.48. The predicted molar refractivity (Wildman–Crippen MR) is 134 cm³/mol. The van der Waals surface area contributed by atoms with Gasteiger partial charge >= 0.3 is 6.61 Å². The third-order valence-corrected chi connectivity index (χ3v) is 6.20. The van der Waals surface area contributed by atoms with Gasteiger partial charge in [0, 0.05) is 10.9 Å². The van der Waals surface area contributed by atoms with Crippen molar-refractivity contribution in [3.8, 4) is 28.0 Å². The summed E-state index contributed by atoms with van der Waals surface area (Å²) >= 11 is 0. The lowest BCUT2D eigenvalue weighted by atomic mass is 9.96. The summed E-state index contributed by atoms with van der Waals surface area (Å²) in [6.45, 7) is -0.655. The average Bonchev–Trinajstić information content (AvgIpc) is 2.85. The summed E-state index contributed by atoms with van der Waals surface area (Å²) in [5.74, 6) is -0.280. The highest BCUT2D eigenvalue weighted by Gasteiger charge is 2.12. The standard InChI is InChI=1S/C30H29F3O/c1-2-3-4-5-6-7-21-8-10-22(11-9-21)24-14-18-28-25(20-24)15-19-27(29(28)31)23-12-16-26(17-13-23)34-30(32)33/h8-20,30H,2-7H2,1H3. The van der Waals surface area contributed by atoms with Crippen molar-refractivity contribution in [2.75, 3.05) is 0 Å². The minimum absolute atomic E-state index is 0.0482. The van der Waals surface area contributed by atoms with Crippen molar-refractivity contribution in [1.29, 1.82) is 0 Å². The van der Waals surface area contributed by atoms with Crippen molar-refractivity contribution >= 4 is 10.8 Å². The Kier molecular flexibility index (Phi) is 7.89. The minimum Gasteiger partial charge on any atom is -0.435 e.